The first-order valence-corrected chi connectivity index (χ1v) is 7.70. The van der Waals surface area contributed by atoms with Crippen LogP contribution in [0.4, 0.5) is 5.69 Å². The smallest absolute Gasteiger partial charge is 0.231 e. The molecule has 0 unspecified atom stereocenters. The minimum absolute atomic E-state index is 0.249. The zero-order valence-electron chi connectivity index (χ0n) is 11.5. The average molecular weight is 395 g/mol. The van der Waals surface area contributed by atoms with E-state index in [1.54, 1.807) is 6.21 Å². The van der Waals surface area contributed by atoms with Crippen LogP contribution in [0.2, 0.25) is 0 Å². The summed E-state index contributed by atoms with van der Waals surface area (Å²) in [5, 5.41) is 0. The van der Waals surface area contributed by atoms with Crippen LogP contribution in [-0.4, -0.2) is 19.6 Å². The predicted octanol–water partition coefficient (Wildman–Crippen LogP) is 4.17. The van der Waals surface area contributed by atoms with Crippen molar-refractivity contribution in [3.8, 4) is 17.2 Å². The van der Waals surface area contributed by atoms with Gasteiger partial charge in [-0.3, -0.25) is 4.99 Å². The number of hydrogen-bond donors (Lipinski definition) is 0. The van der Waals surface area contributed by atoms with Gasteiger partial charge in [0.25, 0.3) is 0 Å². The van der Waals surface area contributed by atoms with Gasteiger partial charge in [-0.1, -0.05) is 0 Å². The van der Waals surface area contributed by atoms with Crippen molar-refractivity contribution in [2.24, 2.45) is 4.99 Å². The predicted molar refractivity (Wildman–Crippen MR) is 90.1 cm³/mol. The Balaban J connectivity index is 1.91. The summed E-state index contributed by atoms with van der Waals surface area (Å²) in [6, 6.07) is 11.7. The molecule has 0 spiro atoms. The summed E-state index contributed by atoms with van der Waals surface area (Å²) in [6.45, 7) is 2.78. The second-order valence-electron chi connectivity index (χ2n) is 4.41. The molecular weight excluding hydrogens is 381 g/mol. The standard InChI is InChI=1S/C16H14INO3/c1-2-19-14-8-16-15(20-10-21-16)7-11(14)9-18-13-5-3-12(17)4-6-13/h3-9H,2,10H2,1H3. The highest BCUT2D eigenvalue weighted by atomic mass is 127. The van der Waals surface area contributed by atoms with Crippen molar-refractivity contribution in [1.29, 1.82) is 0 Å². The van der Waals surface area contributed by atoms with E-state index in [-0.39, 0.29) is 6.79 Å². The van der Waals surface area contributed by atoms with Gasteiger partial charge in [-0.25, -0.2) is 0 Å². The fourth-order valence-electron chi connectivity index (χ4n) is 1.99. The number of ether oxygens (including phenoxy) is 3. The van der Waals surface area contributed by atoms with E-state index in [0.717, 1.165) is 22.7 Å². The van der Waals surface area contributed by atoms with Gasteiger partial charge in [-0.15, -0.1) is 0 Å². The Morgan fingerprint density at radius 1 is 1.19 bits per heavy atom. The van der Waals surface area contributed by atoms with Gasteiger partial charge < -0.3 is 14.2 Å². The zero-order chi connectivity index (χ0) is 14.7. The van der Waals surface area contributed by atoms with Crippen molar-refractivity contribution in [3.05, 3.63) is 45.5 Å². The third-order valence-electron chi connectivity index (χ3n) is 2.98. The lowest BCUT2D eigenvalue weighted by atomic mass is 10.2. The van der Waals surface area contributed by atoms with Crippen LogP contribution in [0.3, 0.4) is 0 Å². The van der Waals surface area contributed by atoms with E-state index in [1.165, 1.54) is 3.57 Å². The SMILES string of the molecule is CCOc1cc2c(cc1C=Nc1ccc(I)cc1)OCO2. The Labute approximate surface area is 136 Å². The van der Waals surface area contributed by atoms with Crippen molar-refractivity contribution < 1.29 is 14.2 Å². The molecule has 2 aromatic rings. The molecule has 4 nitrogen and oxygen atoms in total. The molecule has 0 aromatic heterocycles. The van der Waals surface area contributed by atoms with Crippen LogP contribution in [0.25, 0.3) is 0 Å². The second-order valence-corrected chi connectivity index (χ2v) is 5.66. The Bertz CT molecular complexity index is 668. The van der Waals surface area contributed by atoms with Crippen molar-refractivity contribution >= 4 is 34.5 Å². The van der Waals surface area contributed by atoms with Gasteiger partial charge in [0.2, 0.25) is 6.79 Å². The van der Waals surface area contributed by atoms with Gasteiger partial charge in [0, 0.05) is 21.4 Å². The maximum Gasteiger partial charge on any atom is 0.231 e. The van der Waals surface area contributed by atoms with Crippen molar-refractivity contribution in [1.82, 2.24) is 0 Å². The van der Waals surface area contributed by atoms with Crippen LogP contribution in [0.5, 0.6) is 17.2 Å². The third kappa shape index (κ3) is 3.29. The molecule has 108 valence electrons. The van der Waals surface area contributed by atoms with Crippen LogP contribution in [0, 0.1) is 3.57 Å². The fraction of sp³-hybridized carbons (Fsp3) is 0.188. The molecule has 1 aliphatic heterocycles. The van der Waals surface area contributed by atoms with Gasteiger partial charge in [0.05, 0.1) is 12.3 Å². The van der Waals surface area contributed by atoms with E-state index in [9.17, 15) is 0 Å². The summed E-state index contributed by atoms with van der Waals surface area (Å²) in [5.41, 5.74) is 1.77. The highest BCUT2D eigenvalue weighted by Gasteiger charge is 2.17. The molecule has 1 aliphatic rings. The van der Waals surface area contributed by atoms with Crippen LogP contribution in [0.1, 0.15) is 12.5 Å². The Morgan fingerprint density at radius 3 is 2.62 bits per heavy atom. The maximum absolute atomic E-state index is 5.64. The summed E-state index contributed by atoms with van der Waals surface area (Å²) in [4.78, 5) is 4.48. The summed E-state index contributed by atoms with van der Waals surface area (Å²) < 4.78 is 17.6. The number of nitrogens with zero attached hydrogens (tertiary/aromatic N) is 1. The lowest BCUT2D eigenvalue weighted by Crippen LogP contribution is -1.96. The zero-order valence-corrected chi connectivity index (χ0v) is 13.7. The highest BCUT2D eigenvalue weighted by molar-refractivity contribution is 14.1. The average Bonchev–Trinajstić information content (AvgIpc) is 2.94. The molecular formula is C16H14INO3. The third-order valence-corrected chi connectivity index (χ3v) is 3.70. The topological polar surface area (TPSA) is 40.0 Å². The van der Waals surface area contributed by atoms with Gasteiger partial charge in [0.1, 0.15) is 5.75 Å². The summed E-state index contributed by atoms with van der Waals surface area (Å²) >= 11 is 2.27. The molecule has 2 aromatic carbocycles. The van der Waals surface area contributed by atoms with E-state index in [4.69, 9.17) is 14.2 Å². The van der Waals surface area contributed by atoms with Crippen molar-refractivity contribution in [2.75, 3.05) is 13.4 Å². The highest BCUT2D eigenvalue weighted by Crippen LogP contribution is 2.37. The molecule has 0 amide bonds. The van der Waals surface area contributed by atoms with E-state index in [0.29, 0.717) is 12.4 Å². The molecule has 0 saturated heterocycles. The first-order chi connectivity index (χ1) is 10.3. The Kier molecular flexibility index (Phi) is 4.28. The van der Waals surface area contributed by atoms with Crippen LogP contribution in [0.15, 0.2) is 41.4 Å². The number of halogens is 1. The largest absolute Gasteiger partial charge is 0.493 e. The molecule has 0 fully saturated rings. The quantitative estimate of drug-likeness (QED) is 0.577. The molecule has 1 heterocycles. The number of rotatable bonds is 4. The Morgan fingerprint density at radius 2 is 1.90 bits per heavy atom. The normalized spacial score (nSPS) is 12.9. The minimum Gasteiger partial charge on any atom is -0.493 e. The number of aliphatic imine (C=N–C) groups is 1. The first kappa shape index (κ1) is 14.2. The van der Waals surface area contributed by atoms with Crippen LogP contribution in [-0.2, 0) is 0 Å². The number of fused-ring (bicyclic) bond motifs is 1. The summed E-state index contributed by atoms with van der Waals surface area (Å²) in [7, 11) is 0. The summed E-state index contributed by atoms with van der Waals surface area (Å²) in [5.74, 6) is 2.18. The molecule has 0 saturated carbocycles. The summed E-state index contributed by atoms with van der Waals surface area (Å²) in [6.07, 6.45) is 1.79. The van der Waals surface area contributed by atoms with Crippen molar-refractivity contribution in [3.63, 3.8) is 0 Å². The van der Waals surface area contributed by atoms with Crippen LogP contribution < -0.4 is 14.2 Å². The van der Waals surface area contributed by atoms with Crippen molar-refractivity contribution in [2.45, 2.75) is 6.92 Å². The second kappa shape index (κ2) is 6.34. The number of benzene rings is 2. The maximum atomic E-state index is 5.64. The van der Waals surface area contributed by atoms with Gasteiger partial charge in [-0.05, 0) is 59.8 Å². The first-order valence-electron chi connectivity index (χ1n) is 6.62. The lowest BCUT2D eigenvalue weighted by Gasteiger charge is -2.08. The van der Waals surface area contributed by atoms with E-state index in [2.05, 4.69) is 27.6 Å². The molecule has 5 heteroatoms. The minimum atomic E-state index is 0.249. The molecule has 0 radical (unpaired) electrons. The van der Waals surface area contributed by atoms with E-state index >= 15 is 0 Å². The monoisotopic (exact) mass is 395 g/mol. The molecule has 3 rings (SSSR count). The van der Waals surface area contributed by atoms with Gasteiger partial charge in [0.15, 0.2) is 11.5 Å². The number of hydrogen-bond acceptors (Lipinski definition) is 4. The Hall–Kier alpha value is -1.76. The molecule has 0 aliphatic carbocycles. The van der Waals surface area contributed by atoms with Gasteiger partial charge in [-0.2, -0.15) is 0 Å². The molecule has 0 atom stereocenters. The van der Waals surface area contributed by atoms with Gasteiger partial charge >= 0.3 is 0 Å². The lowest BCUT2D eigenvalue weighted by molar-refractivity contribution is 0.174. The van der Waals surface area contributed by atoms with E-state index < -0.39 is 0 Å². The van der Waals surface area contributed by atoms with Crippen LogP contribution >= 0.6 is 22.6 Å². The molecule has 0 bridgehead atoms. The molecule has 0 N–H and O–H groups in total. The molecule has 21 heavy (non-hydrogen) atoms. The van der Waals surface area contributed by atoms with E-state index in [1.807, 2.05) is 43.3 Å². The fourth-order valence-corrected chi connectivity index (χ4v) is 2.35.